The lowest BCUT2D eigenvalue weighted by Gasteiger charge is -2.38. The van der Waals surface area contributed by atoms with Crippen molar-refractivity contribution in [2.75, 3.05) is 13.1 Å². The molecule has 0 saturated carbocycles. The third-order valence-corrected chi connectivity index (χ3v) is 4.41. The Morgan fingerprint density at radius 3 is 2.90 bits per heavy atom. The molecule has 0 radical (unpaired) electrons. The quantitative estimate of drug-likeness (QED) is 0.900. The van der Waals surface area contributed by atoms with Crippen molar-refractivity contribution >= 4 is 5.91 Å². The van der Waals surface area contributed by atoms with Gasteiger partial charge in [-0.3, -0.25) is 4.79 Å². The number of nitrogens with one attached hydrogen (secondary N) is 1. The van der Waals surface area contributed by atoms with Gasteiger partial charge in [-0.15, -0.1) is 0 Å². The first-order chi connectivity index (χ1) is 9.65. The Kier molecular flexibility index (Phi) is 5.24. The SMILES string of the molecule is CCC(=O)N1CC[C@@H](NCc2occc2C)[C@@H](CC)C1. The average Bonchev–Trinajstić information content (AvgIpc) is 2.89. The maximum atomic E-state index is 11.8. The Morgan fingerprint density at radius 2 is 2.30 bits per heavy atom. The van der Waals surface area contributed by atoms with Gasteiger partial charge in [0.05, 0.1) is 12.8 Å². The number of carbonyl (C=O) groups is 1. The molecule has 112 valence electrons. The van der Waals surface area contributed by atoms with Gasteiger partial charge < -0.3 is 14.6 Å². The van der Waals surface area contributed by atoms with Gasteiger partial charge in [0.1, 0.15) is 5.76 Å². The molecule has 1 aliphatic heterocycles. The summed E-state index contributed by atoms with van der Waals surface area (Å²) in [5.41, 5.74) is 1.20. The van der Waals surface area contributed by atoms with Crippen LogP contribution in [0, 0.1) is 12.8 Å². The van der Waals surface area contributed by atoms with Crippen molar-refractivity contribution in [3.05, 3.63) is 23.7 Å². The van der Waals surface area contributed by atoms with Crippen LogP contribution in [0.2, 0.25) is 0 Å². The lowest BCUT2D eigenvalue weighted by atomic mass is 9.89. The van der Waals surface area contributed by atoms with Crippen molar-refractivity contribution in [2.45, 2.75) is 52.6 Å². The molecule has 1 aliphatic rings. The molecule has 1 saturated heterocycles. The van der Waals surface area contributed by atoms with Gasteiger partial charge >= 0.3 is 0 Å². The van der Waals surface area contributed by atoms with E-state index in [0.717, 1.165) is 38.2 Å². The van der Waals surface area contributed by atoms with Crippen molar-refractivity contribution in [3.8, 4) is 0 Å². The van der Waals surface area contributed by atoms with Gasteiger partial charge in [0.2, 0.25) is 5.91 Å². The van der Waals surface area contributed by atoms with E-state index in [-0.39, 0.29) is 5.91 Å². The number of hydrogen-bond acceptors (Lipinski definition) is 3. The van der Waals surface area contributed by atoms with E-state index in [1.54, 1.807) is 6.26 Å². The number of nitrogens with zero attached hydrogens (tertiary/aromatic N) is 1. The van der Waals surface area contributed by atoms with E-state index in [4.69, 9.17) is 4.42 Å². The molecule has 0 unspecified atom stereocenters. The molecule has 2 rings (SSSR count). The van der Waals surface area contributed by atoms with Gasteiger partial charge in [-0.1, -0.05) is 20.3 Å². The molecule has 0 bridgehead atoms. The molecule has 1 N–H and O–H groups in total. The Morgan fingerprint density at radius 1 is 1.50 bits per heavy atom. The summed E-state index contributed by atoms with van der Waals surface area (Å²) in [6, 6.07) is 2.47. The van der Waals surface area contributed by atoms with Gasteiger partial charge in [-0.25, -0.2) is 0 Å². The second kappa shape index (κ2) is 6.93. The first kappa shape index (κ1) is 15.1. The summed E-state index contributed by atoms with van der Waals surface area (Å²) in [6.07, 6.45) is 4.48. The van der Waals surface area contributed by atoms with Crippen molar-refractivity contribution in [1.29, 1.82) is 0 Å². The number of rotatable bonds is 5. The standard InChI is InChI=1S/C16H26N2O2/c1-4-13-11-18(16(19)5-2)8-6-14(13)17-10-15-12(3)7-9-20-15/h7,9,13-14,17H,4-6,8,10-11H2,1-3H3/t13-,14+/m0/s1. The number of aryl methyl sites for hydroxylation is 1. The fourth-order valence-electron chi connectivity index (χ4n) is 2.97. The van der Waals surface area contributed by atoms with E-state index in [0.29, 0.717) is 18.4 Å². The molecule has 1 amide bonds. The van der Waals surface area contributed by atoms with Crippen molar-refractivity contribution in [3.63, 3.8) is 0 Å². The molecule has 1 aromatic heterocycles. The summed E-state index contributed by atoms with van der Waals surface area (Å²) in [5.74, 6) is 1.84. The molecular weight excluding hydrogens is 252 g/mol. The van der Waals surface area contributed by atoms with Crippen LogP contribution in [0.1, 0.15) is 44.4 Å². The van der Waals surface area contributed by atoms with Crippen LogP contribution in [0.5, 0.6) is 0 Å². The molecule has 1 aromatic rings. The highest BCUT2D eigenvalue weighted by Gasteiger charge is 2.29. The van der Waals surface area contributed by atoms with Gasteiger partial charge in [-0.2, -0.15) is 0 Å². The van der Waals surface area contributed by atoms with Gasteiger partial charge in [0, 0.05) is 25.6 Å². The van der Waals surface area contributed by atoms with E-state index in [2.05, 4.69) is 19.2 Å². The van der Waals surface area contributed by atoms with Crippen LogP contribution in [-0.2, 0) is 11.3 Å². The molecule has 4 nitrogen and oxygen atoms in total. The second-order valence-corrected chi connectivity index (χ2v) is 5.66. The molecule has 2 heterocycles. The molecule has 0 aliphatic carbocycles. The zero-order valence-electron chi connectivity index (χ0n) is 12.8. The maximum absolute atomic E-state index is 11.8. The van der Waals surface area contributed by atoms with Crippen molar-refractivity contribution < 1.29 is 9.21 Å². The molecular formula is C16H26N2O2. The fraction of sp³-hybridized carbons (Fsp3) is 0.688. The van der Waals surface area contributed by atoms with Crippen LogP contribution < -0.4 is 5.32 Å². The molecule has 4 heteroatoms. The van der Waals surface area contributed by atoms with E-state index in [1.165, 1.54) is 5.56 Å². The van der Waals surface area contributed by atoms with Crippen LogP contribution >= 0.6 is 0 Å². The van der Waals surface area contributed by atoms with Gasteiger partial charge in [0.25, 0.3) is 0 Å². The highest BCUT2D eigenvalue weighted by Crippen LogP contribution is 2.21. The van der Waals surface area contributed by atoms with Gasteiger partial charge in [-0.05, 0) is 30.9 Å². The normalized spacial score (nSPS) is 23.1. The van der Waals surface area contributed by atoms with Crippen molar-refractivity contribution in [1.82, 2.24) is 10.2 Å². The number of carbonyl (C=O) groups excluding carboxylic acids is 1. The minimum atomic E-state index is 0.281. The zero-order chi connectivity index (χ0) is 14.5. The smallest absolute Gasteiger partial charge is 0.222 e. The third kappa shape index (κ3) is 3.42. The van der Waals surface area contributed by atoms with Crippen molar-refractivity contribution in [2.24, 2.45) is 5.92 Å². The monoisotopic (exact) mass is 278 g/mol. The molecule has 0 spiro atoms. The van der Waals surface area contributed by atoms with E-state index in [1.807, 2.05) is 17.9 Å². The average molecular weight is 278 g/mol. The first-order valence-corrected chi connectivity index (χ1v) is 7.69. The fourth-order valence-corrected chi connectivity index (χ4v) is 2.97. The summed E-state index contributed by atoms with van der Waals surface area (Å²) in [5, 5.41) is 3.61. The Bertz CT molecular complexity index is 441. The van der Waals surface area contributed by atoms with E-state index in [9.17, 15) is 4.79 Å². The Balaban J connectivity index is 1.89. The minimum Gasteiger partial charge on any atom is -0.468 e. The molecule has 0 aromatic carbocycles. The second-order valence-electron chi connectivity index (χ2n) is 5.66. The Labute approximate surface area is 121 Å². The summed E-state index contributed by atoms with van der Waals surface area (Å²) < 4.78 is 5.47. The Hall–Kier alpha value is -1.29. The van der Waals surface area contributed by atoms with Crippen LogP contribution in [0.25, 0.3) is 0 Å². The summed E-state index contributed by atoms with van der Waals surface area (Å²) >= 11 is 0. The molecule has 2 atom stereocenters. The lowest BCUT2D eigenvalue weighted by Crippen LogP contribution is -2.50. The summed E-state index contributed by atoms with van der Waals surface area (Å²) in [7, 11) is 0. The first-order valence-electron chi connectivity index (χ1n) is 7.69. The minimum absolute atomic E-state index is 0.281. The highest BCUT2D eigenvalue weighted by molar-refractivity contribution is 5.75. The predicted molar refractivity (Wildman–Crippen MR) is 79.3 cm³/mol. The largest absolute Gasteiger partial charge is 0.468 e. The van der Waals surface area contributed by atoms with E-state index < -0.39 is 0 Å². The summed E-state index contributed by atoms with van der Waals surface area (Å²) in [4.78, 5) is 13.8. The lowest BCUT2D eigenvalue weighted by molar-refractivity contribution is -0.133. The number of furan rings is 1. The molecule has 1 fully saturated rings. The topological polar surface area (TPSA) is 45.5 Å². The number of amides is 1. The summed E-state index contributed by atoms with van der Waals surface area (Å²) in [6.45, 7) is 8.75. The number of piperidine rings is 1. The van der Waals surface area contributed by atoms with Crippen LogP contribution in [0.3, 0.4) is 0 Å². The highest BCUT2D eigenvalue weighted by atomic mass is 16.3. The maximum Gasteiger partial charge on any atom is 0.222 e. The zero-order valence-corrected chi connectivity index (χ0v) is 12.8. The van der Waals surface area contributed by atoms with Crippen LogP contribution in [-0.4, -0.2) is 29.9 Å². The van der Waals surface area contributed by atoms with Crippen LogP contribution in [0.4, 0.5) is 0 Å². The number of hydrogen-bond donors (Lipinski definition) is 1. The molecule has 20 heavy (non-hydrogen) atoms. The van der Waals surface area contributed by atoms with E-state index >= 15 is 0 Å². The number of likely N-dealkylation sites (tertiary alicyclic amines) is 1. The predicted octanol–water partition coefficient (Wildman–Crippen LogP) is 2.71. The third-order valence-electron chi connectivity index (χ3n) is 4.41. The van der Waals surface area contributed by atoms with Crippen LogP contribution in [0.15, 0.2) is 16.7 Å². The van der Waals surface area contributed by atoms with Gasteiger partial charge in [0.15, 0.2) is 0 Å².